The van der Waals surface area contributed by atoms with Gasteiger partial charge in [0.1, 0.15) is 0 Å². The number of imide groups is 1. The molecule has 1 rings (SSSR count). The van der Waals surface area contributed by atoms with Crippen LogP contribution in [0.15, 0.2) is 24.3 Å². The van der Waals surface area contributed by atoms with Crippen LogP contribution >= 0.6 is 11.6 Å². The number of hydrogen-bond acceptors (Lipinski definition) is 4. The SMILES string of the molecule is NCCCN(C=O)C(=O)C(=O)Nc1ccccc1Cl. The maximum absolute atomic E-state index is 11.7. The second-order valence-electron chi connectivity index (χ2n) is 3.68. The van der Waals surface area contributed by atoms with E-state index in [1.165, 1.54) is 0 Å². The molecule has 1 aromatic rings. The highest BCUT2D eigenvalue weighted by molar-refractivity contribution is 6.42. The first-order valence-electron chi connectivity index (χ1n) is 5.62. The van der Waals surface area contributed by atoms with Crippen LogP contribution in [0.5, 0.6) is 0 Å². The van der Waals surface area contributed by atoms with E-state index in [9.17, 15) is 14.4 Å². The zero-order valence-corrected chi connectivity index (χ0v) is 10.9. The molecule has 102 valence electrons. The zero-order chi connectivity index (χ0) is 14.3. The monoisotopic (exact) mass is 283 g/mol. The van der Waals surface area contributed by atoms with Gasteiger partial charge < -0.3 is 11.1 Å². The van der Waals surface area contributed by atoms with Gasteiger partial charge in [0.05, 0.1) is 10.7 Å². The van der Waals surface area contributed by atoms with E-state index in [0.717, 1.165) is 4.90 Å². The van der Waals surface area contributed by atoms with Crippen LogP contribution in [0, 0.1) is 0 Å². The molecule has 3 amide bonds. The van der Waals surface area contributed by atoms with Crippen LogP contribution in [0.4, 0.5) is 5.69 Å². The van der Waals surface area contributed by atoms with E-state index in [0.29, 0.717) is 30.1 Å². The van der Waals surface area contributed by atoms with E-state index in [2.05, 4.69) is 5.32 Å². The average Bonchev–Trinajstić information content (AvgIpc) is 2.42. The molecule has 0 aliphatic heterocycles. The Morgan fingerprint density at radius 2 is 2.05 bits per heavy atom. The van der Waals surface area contributed by atoms with Gasteiger partial charge in [0.2, 0.25) is 6.41 Å². The summed E-state index contributed by atoms with van der Waals surface area (Å²) in [6.07, 6.45) is 0.744. The van der Waals surface area contributed by atoms with Crippen molar-refractivity contribution in [1.82, 2.24) is 4.90 Å². The van der Waals surface area contributed by atoms with Gasteiger partial charge in [0.25, 0.3) is 0 Å². The number of nitrogens with one attached hydrogen (secondary N) is 1. The van der Waals surface area contributed by atoms with E-state index in [1.807, 2.05) is 0 Å². The van der Waals surface area contributed by atoms with Gasteiger partial charge >= 0.3 is 11.8 Å². The Bertz CT molecular complexity index is 479. The highest BCUT2D eigenvalue weighted by atomic mass is 35.5. The van der Waals surface area contributed by atoms with Crippen molar-refractivity contribution in [3.05, 3.63) is 29.3 Å². The Morgan fingerprint density at radius 1 is 1.37 bits per heavy atom. The van der Waals surface area contributed by atoms with Gasteiger partial charge in [-0.2, -0.15) is 0 Å². The summed E-state index contributed by atoms with van der Waals surface area (Å²) in [5.41, 5.74) is 5.59. The van der Waals surface area contributed by atoms with Crippen LogP contribution in [0.1, 0.15) is 6.42 Å². The highest BCUT2D eigenvalue weighted by Gasteiger charge is 2.21. The van der Waals surface area contributed by atoms with Crippen molar-refractivity contribution >= 4 is 35.5 Å². The summed E-state index contributed by atoms with van der Waals surface area (Å²) in [6.45, 7) is 0.429. The molecule has 0 heterocycles. The number of nitrogens with zero attached hydrogens (tertiary/aromatic N) is 1. The number of rotatable bonds is 5. The molecule has 6 nitrogen and oxygen atoms in total. The van der Waals surface area contributed by atoms with Crippen molar-refractivity contribution in [3.63, 3.8) is 0 Å². The maximum Gasteiger partial charge on any atom is 0.318 e. The molecule has 0 aliphatic carbocycles. The van der Waals surface area contributed by atoms with E-state index in [1.54, 1.807) is 24.3 Å². The normalized spacial score (nSPS) is 9.79. The fraction of sp³-hybridized carbons (Fsp3) is 0.250. The second-order valence-corrected chi connectivity index (χ2v) is 4.09. The van der Waals surface area contributed by atoms with E-state index >= 15 is 0 Å². The molecule has 7 heteroatoms. The number of anilines is 1. The largest absolute Gasteiger partial charge is 0.330 e. The molecule has 0 unspecified atom stereocenters. The minimum Gasteiger partial charge on any atom is -0.330 e. The Hall–Kier alpha value is -1.92. The fourth-order valence-corrected chi connectivity index (χ4v) is 1.52. The minimum atomic E-state index is -0.941. The summed E-state index contributed by atoms with van der Waals surface area (Å²) >= 11 is 5.84. The smallest absolute Gasteiger partial charge is 0.318 e. The van der Waals surface area contributed by atoms with E-state index < -0.39 is 11.8 Å². The highest BCUT2D eigenvalue weighted by Crippen LogP contribution is 2.20. The number of hydrogen-bond donors (Lipinski definition) is 2. The van der Waals surface area contributed by atoms with Crippen molar-refractivity contribution < 1.29 is 14.4 Å². The van der Waals surface area contributed by atoms with Crippen LogP contribution in [0.25, 0.3) is 0 Å². The first kappa shape index (κ1) is 15.1. The predicted octanol–water partition coefficient (Wildman–Crippen LogP) is 0.612. The summed E-state index contributed by atoms with van der Waals surface area (Å²) in [5, 5.41) is 2.66. The molecular weight excluding hydrogens is 270 g/mol. The van der Waals surface area contributed by atoms with Gasteiger partial charge in [-0.05, 0) is 25.1 Å². The van der Waals surface area contributed by atoms with Crippen LogP contribution in [0.2, 0.25) is 5.02 Å². The van der Waals surface area contributed by atoms with Gasteiger partial charge in [-0.25, -0.2) is 0 Å². The van der Waals surface area contributed by atoms with Gasteiger partial charge in [0.15, 0.2) is 0 Å². The van der Waals surface area contributed by atoms with Gasteiger partial charge in [0, 0.05) is 6.54 Å². The number of carbonyl (C=O) groups is 3. The van der Waals surface area contributed by atoms with E-state index in [-0.39, 0.29) is 6.54 Å². The Balaban J connectivity index is 2.69. The fourth-order valence-electron chi connectivity index (χ4n) is 1.33. The lowest BCUT2D eigenvalue weighted by molar-refractivity contribution is -0.146. The lowest BCUT2D eigenvalue weighted by Gasteiger charge is -2.14. The third-order valence-electron chi connectivity index (χ3n) is 2.31. The summed E-state index contributed by atoms with van der Waals surface area (Å²) in [7, 11) is 0. The van der Waals surface area contributed by atoms with Crippen molar-refractivity contribution in [2.24, 2.45) is 5.73 Å². The summed E-state index contributed by atoms with van der Waals surface area (Å²) in [6, 6.07) is 6.49. The zero-order valence-electron chi connectivity index (χ0n) is 10.1. The van der Waals surface area contributed by atoms with Crippen molar-refractivity contribution in [2.75, 3.05) is 18.4 Å². The first-order chi connectivity index (χ1) is 9.10. The molecular formula is C12H14ClN3O3. The third-order valence-corrected chi connectivity index (χ3v) is 2.64. The van der Waals surface area contributed by atoms with Gasteiger partial charge in [-0.15, -0.1) is 0 Å². The molecule has 0 saturated carbocycles. The topological polar surface area (TPSA) is 92.5 Å². The minimum absolute atomic E-state index is 0.106. The van der Waals surface area contributed by atoms with Crippen LogP contribution < -0.4 is 11.1 Å². The Kier molecular flexibility index (Phi) is 5.98. The standard InChI is InChI=1S/C12H14ClN3O3/c13-9-4-1-2-5-10(9)15-11(18)12(19)16(8-17)7-3-6-14/h1-2,4-5,8H,3,6-7,14H2,(H,15,18). The number of benzene rings is 1. The molecule has 0 fully saturated rings. The molecule has 3 N–H and O–H groups in total. The molecule has 0 bridgehead atoms. The molecule has 0 saturated heterocycles. The van der Waals surface area contributed by atoms with Crippen molar-refractivity contribution in [1.29, 1.82) is 0 Å². The number of para-hydroxylation sites is 1. The Labute approximate surface area is 115 Å². The van der Waals surface area contributed by atoms with Crippen LogP contribution in [0.3, 0.4) is 0 Å². The van der Waals surface area contributed by atoms with Crippen LogP contribution in [-0.4, -0.2) is 36.2 Å². The van der Waals surface area contributed by atoms with Gasteiger partial charge in [-0.3, -0.25) is 19.3 Å². The van der Waals surface area contributed by atoms with Crippen molar-refractivity contribution in [2.45, 2.75) is 6.42 Å². The molecule has 0 spiro atoms. The molecule has 0 radical (unpaired) electrons. The predicted molar refractivity (Wildman–Crippen MR) is 71.5 cm³/mol. The lowest BCUT2D eigenvalue weighted by Crippen LogP contribution is -2.39. The second kappa shape index (κ2) is 7.50. The quantitative estimate of drug-likeness (QED) is 0.612. The van der Waals surface area contributed by atoms with E-state index in [4.69, 9.17) is 17.3 Å². The average molecular weight is 284 g/mol. The summed E-state index contributed by atoms with van der Waals surface area (Å²) in [5.74, 6) is -1.86. The number of nitrogens with two attached hydrogens (primary N) is 1. The summed E-state index contributed by atoms with van der Waals surface area (Å²) < 4.78 is 0. The molecule has 1 aromatic carbocycles. The van der Waals surface area contributed by atoms with Crippen LogP contribution in [-0.2, 0) is 14.4 Å². The number of halogens is 1. The molecule has 0 aliphatic rings. The Morgan fingerprint density at radius 3 is 2.63 bits per heavy atom. The third kappa shape index (κ3) is 4.35. The maximum atomic E-state index is 11.7. The summed E-state index contributed by atoms with van der Waals surface area (Å²) in [4.78, 5) is 34.9. The number of carbonyl (C=O) groups excluding carboxylic acids is 3. The lowest BCUT2D eigenvalue weighted by atomic mass is 10.3. The first-order valence-corrected chi connectivity index (χ1v) is 5.99. The van der Waals surface area contributed by atoms with Gasteiger partial charge in [-0.1, -0.05) is 23.7 Å². The molecule has 0 aromatic heterocycles. The number of amides is 3. The molecule has 0 atom stereocenters. The molecule has 19 heavy (non-hydrogen) atoms. The van der Waals surface area contributed by atoms with Crippen molar-refractivity contribution in [3.8, 4) is 0 Å².